The Labute approximate surface area is 174 Å². The average Bonchev–Trinajstić information content (AvgIpc) is 3.21. The predicted octanol–water partition coefficient (Wildman–Crippen LogP) is 2.10. The summed E-state index contributed by atoms with van der Waals surface area (Å²) >= 11 is 0. The first-order chi connectivity index (χ1) is 13.6. The number of likely N-dealkylation sites (N-methyl/N-ethyl adjacent to an activating group) is 1. The fourth-order valence-electron chi connectivity index (χ4n) is 3.34. The third kappa shape index (κ3) is 4.90. The van der Waals surface area contributed by atoms with E-state index in [1.165, 1.54) is 6.33 Å². The molecule has 6 N–H and O–H groups in total. The average molecular weight is 400 g/mol. The third-order valence-corrected chi connectivity index (χ3v) is 4.97. The lowest BCUT2D eigenvalue weighted by molar-refractivity contribution is 0.121. The van der Waals surface area contributed by atoms with Crippen molar-refractivity contribution in [1.29, 1.82) is 5.41 Å². The lowest BCUT2D eigenvalue weighted by Gasteiger charge is -2.18. The first kappa shape index (κ1) is 22.3. The van der Waals surface area contributed by atoms with Gasteiger partial charge in [0.05, 0.1) is 17.5 Å². The van der Waals surface area contributed by atoms with Crippen LogP contribution in [0.15, 0.2) is 36.8 Å². The van der Waals surface area contributed by atoms with Gasteiger partial charge in [-0.25, -0.2) is 9.97 Å². The second kappa shape index (κ2) is 9.99. The molecule has 2 aromatic rings. The van der Waals surface area contributed by atoms with Crippen LogP contribution in [0, 0.1) is 5.41 Å². The van der Waals surface area contributed by atoms with Gasteiger partial charge in [0, 0.05) is 45.5 Å². The Morgan fingerprint density at radius 1 is 1.41 bits per heavy atom. The van der Waals surface area contributed by atoms with Crippen molar-refractivity contribution in [1.82, 2.24) is 15.3 Å². The molecule has 8 heteroatoms. The number of nitrogens with zero attached hydrogens (tertiary/aromatic N) is 3. The summed E-state index contributed by atoms with van der Waals surface area (Å²) in [6, 6.07) is 7.42. The van der Waals surface area contributed by atoms with Crippen LogP contribution in [0.4, 0.5) is 11.5 Å². The maximum atomic E-state index is 8.67. The Bertz CT molecular complexity index is 887. The molecule has 2 heterocycles. The number of methoxy groups -OCH3 is 1. The van der Waals surface area contributed by atoms with E-state index in [9.17, 15) is 0 Å². The minimum absolute atomic E-state index is 0. The molecule has 0 unspecified atom stereocenters. The highest BCUT2D eigenvalue weighted by Gasteiger charge is 2.24. The van der Waals surface area contributed by atoms with E-state index in [4.69, 9.17) is 21.6 Å². The van der Waals surface area contributed by atoms with E-state index in [-0.39, 0.29) is 20.7 Å². The van der Waals surface area contributed by atoms with E-state index in [1.54, 1.807) is 19.4 Å². The smallest absolute Gasteiger partial charge is 0.132 e. The zero-order chi connectivity index (χ0) is 20.1. The van der Waals surface area contributed by atoms with Crippen LogP contribution < -0.4 is 21.7 Å². The SMILES string of the molecule is C.CNC/C(=C\N)c1ccc(N)c(C(=N)c2cc(N3CC[C@H](OC)C3)ncn2)c1.[HH]. The molecule has 1 aliphatic heterocycles. The summed E-state index contributed by atoms with van der Waals surface area (Å²) in [5, 5.41) is 11.8. The van der Waals surface area contributed by atoms with Crippen LogP contribution in [0.3, 0.4) is 0 Å². The highest BCUT2D eigenvalue weighted by atomic mass is 16.5. The van der Waals surface area contributed by atoms with Gasteiger partial charge in [-0.3, -0.25) is 5.41 Å². The van der Waals surface area contributed by atoms with E-state index in [0.717, 1.165) is 36.5 Å². The van der Waals surface area contributed by atoms with Gasteiger partial charge in [-0.1, -0.05) is 13.5 Å². The van der Waals surface area contributed by atoms with Gasteiger partial charge in [-0.2, -0.15) is 0 Å². The molecule has 0 spiro atoms. The van der Waals surface area contributed by atoms with Crippen molar-refractivity contribution in [2.45, 2.75) is 20.0 Å². The fraction of sp³-hybridized carbons (Fsp3) is 0.381. The number of hydrogen-bond donors (Lipinski definition) is 4. The number of rotatable bonds is 7. The van der Waals surface area contributed by atoms with Crippen LogP contribution in [0.1, 0.15) is 32.1 Å². The van der Waals surface area contributed by atoms with Gasteiger partial charge in [0.1, 0.15) is 12.1 Å². The van der Waals surface area contributed by atoms with Crippen molar-refractivity contribution >= 4 is 22.8 Å². The summed E-state index contributed by atoms with van der Waals surface area (Å²) in [4.78, 5) is 10.8. The Kier molecular flexibility index (Phi) is 7.69. The zero-order valence-corrected chi connectivity index (χ0v) is 16.3. The Balaban J connectivity index is 0.00000225. The molecular weight excluding hydrogens is 366 g/mol. The summed E-state index contributed by atoms with van der Waals surface area (Å²) in [7, 11) is 3.59. The van der Waals surface area contributed by atoms with Crippen molar-refractivity contribution in [2.75, 3.05) is 44.4 Å². The lowest BCUT2D eigenvalue weighted by Crippen LogP contribution is -2.23. The molecule has 3 rings (SSSR count). The second-order valence-corrected chi connectivity index (χ2v) is 6.75. The number of anilines is 2. The van der Waals surface area contributed by atoms with Gasteiger partial charge >= 0.3 is 0 Å². The van der Waals surface area contributed by atoms with Crippen LogP contribution in [0.2, 0.25) is 0 Å². The molecule has 1 aromatic heterocycles. The largest absolute Gasteiger partial charge is 0.404 e. The topological polar surface area (TPSA) is 126 Å². The molecule has 0 amide bonds. The van der Waals surface area contributed by atoms with Crippen LogP contribution >= 0.6 is 0 Å². The molecule has 8 nitrogen and oxygen atoms in total. The standard InChI is InChI=1S/C20H27N7O.CH4.H2/c1-24-10-14(9-21)13-3-4-17(22)16(7-13)20(23)18-8-19(26-12-25-18)27-6-5-15(11-27)28-2;;/h3-4,7-9,12,15,23-24H,5-6,10-11,21-22H2,1-2H3;1H4;1H/b14-9+,23-20?;;/t15-;;/m0../s1. The first-order valence-electron chi connectivity index (χ1n) is 9.21. The summed E-state index contributed by atoms with van der Waals surface area (Å²) in [6.45, 7) is 2.28. The van der Waals surface area contributed by atoms with E-state index >= 15 is 0 Å². The van der Waals surface area contributed by atoms with Crippen LogP contribution in [-0.4, -0.2) is 55.6 Å². The van der Waals surface area contributed by atoms with Crippen molar-refractivity contribution in [3.8, 4) is 0 Å². The summed E-state index contributed by atoms with van der Waals surface area (Å²) in [6.07, 6.45) is 4.23. The lowest BCUT2D eigenvalue weighted by atomic mass is 9.98. The summed E-state index contributed by atoms with van der Waals surface area (Å²) < 4.78 is 5.43. The zero-order valence-electron chi connectivity index (χ0n) is 16.3. The molecule has 1 saturated heterocycles. The maximum Gasteiger partial charge on any atom is 0.132 e. The van der Waals surface area contributed by atoms with Crippen molar-refractivity contribution in [3.63, 3.8) is 0 Å². The predicted molar refractivity (Wildman–Crippen MR) is 121 cm³/mol. The highest BCUT2D eigenvalue weighted by Crippen LogP contribution is 2.24. The molecule has 0 radical (unpaired) electrons. The number of nitrogens with two attached hydrogens (primary N) is 2. The first-order valence-corrected chi connectivity index (χ1v) is 9.21. The van der Waals surface area contributed by atoms with Gasteiger partial charge in [0.2, 0.25) is 0 Å². The molecule has 1 fully saturated rings. The van der Waals surface area contributed by atoms with Gasteiger partial charge in [0.25, 0.3) is 0 Å². The Morgan fingerprint density at radius 2 is 2.21 bits per heavy atom. The van der Waals surface area contributed by atoms with Gasteiger partial charge < -0.3 is 26.4 Å². The fourth-order valence-corrected chi connectivity index (χ4v) is 3.34. The molecule has 29 heavy (non-hydrogen) atoms. The van der Waals surface area contributed by atoms with Crippen LogP contribution in [0.5, 0.6) is 0 Å². The van der Waals surface area contributed by atoms with Crippen molar-refractivity contribution in [3.05, 3.63) is 53.6 Å². The molecule has 1 atom stereocenters. The van der Waals surface area contributed by atoms with Gasteiger partial charge in [-0.15, -0.1) is 0 Å². The molecule has 1 aromatic carbocycles. The number of nitrogen functional groups attached to an aromatic ring is 1. The minimum Gasteiger partial charge on any atom is -0.404 e. The number of ether oxygens (including phenoxy) is 1. The number of aromatic nitrogens is 2. The van der Waals surface area contributed by atoms with Crippen molar-refractivity contribution in [2.24, 2.45) is 5.73 Å². The Hall–Kier alpha value is -2.97. The van der Waals surface area contributed by atoms with Crippen LogP contribution in [-0.2, 0) is 4.74 Å². The van der Waals surface area contributed by atoms with Gasteiger partial charge in [0.15, 0.2) is 0 Å². The summed E-state index contributed by atoms with van der Waals surface area (Å²) in [5.74, 6) is 0.793. The molecule has 1 aliphatic rings. The number of benzene rings is 1. The Morgan fingerprint density at radius 3 is 2.86 bits per heavy atom. The van der Waals surface area contributed by atoms with Crippen LogP contribution in [0.25, 0.3) is 5.57 Å². The molecule has 0 bridgehead atoms. The quantitative estimate of drug-likeness (QED) is 0.415. The third-order valence-electron chi connectivity index (χ3n) is 4.97. The van der Waals surface area contributed by atoms with E-state index in [1.807, 2.05) is 25.2 Å². The summed E-state index contributed by atoms with van der Waals surface area (Å²) in [5.41, 5.74) is 15.7. The van der Waals surface area contributed by atoms with E-state index in [2.05, 4.69) is 20.2 Å². The molecule has 158 valence electrons. The maximum absolute atomic E-state index is 8.67. The van der Waals surface area contributed by atoms with Gasteiger partial charge in [-0.05, 0) is 42.9 Å². The monoisotopic (exact) mass is 399 g/mol. The molecular formula is C21H33N7O. The molecule has 0 saturated carbocycles. The van der Waals surface area contributed by atoms with E-state index < -0.39 is 0 Å². The molecule has 0 aliphatic carbocycles. The highest BCUT2D eigenvalue weighted by molar-refractivity contribution is 6.13. The van der Waals surface area contributed by atoms with Crippen molar-refractivity contribution < 1.29 is 6.16 Å². The second-order valence-electron chi connectivity index (χ2n) is 6.75. The number of nitrogens with one attached hydrogen (secondary N) is 2. The normalized spacial score (nSPS) is 16.6. The van der Waals surface area contributed by atoms with E-state index in [0.29, 0.717) is 23.5 Å². The number of hydrogen-bond acceptors (Lipinski definition) is 8. The minimum atomic E-state index is 0.